The lowest BCUT2D eigenvalue weighted by atomic mass is 9.97. The van der Waals surface area contributed by atoms with Crippen molar-refractivity contribution in [3.05, 3.63) is 118 Å². The van der Waals surface area contributed by atoms with Crippen LogP contribution in [-0.2, 0) is 32.1 Å². The summed E-state index contributed by atoms with van der Waals surface area (Å²) in [4.78, 5) is 0. The van der Waals surface area contributed by atoms with Gasteiger partial charge in [0.2, 0.25) is 0 Å². The molecule has 4 rings (SSSR count). The summed E-state index contributed by atoms with van der Waals surface area (Å²) in [7, 11) is 0. The molecule has 0 unspecified atom stereocenters. The number of halogens is 4. The second-order valence-electron chi connectivity index (χ2n) is 8.12. The van der Waals surface area contributed by atoms with E-state index in [-0.39, 0.29) is 11.6 Å². The Balaban J connectivity index is 1.47. The molecular weight excluding hydrogens is 412 g/mol. The Labute approximate surface area is 185 Å². The van der Waals surface area contributed by atoms with E-state index in [0.717, 1.165) is 35.1 Å². The molecule has 32 heavy (non-hydrogen) atoms. The van der Waals surface area contributed by atoms with Gasteiger partial charge < -0.3 is 0 Å². The fourth-order valence-corrected chi connectivity index (χ4v) is 4.00. The zero-order chi connectivity index (χ0) is 22.7. The van der Waals surface area contributed by atoms with Gasteiger partial charge in [-0.2, -0.15) is 0 Å². The average Bonchev–Trinajstić information content (AvgIpc) is 2.80. The Bertz CT molecular complexity index is 1260. The van der Waals surface area contributed by atoms with Crippen LogP contribution in [0.4, 0.5) is 17.6 Å². The molecule has 4 aromatic carbocycles. The lowest BCUT2D eigenvalue weighted by molar-refractivity contribution is 0.507. The maximum atomic E-state index is 15.0. The maximum Gasteiger partial charge on any atom is 0.159 e. The van der Waals surface area contributed by atoms with Gasteiger partial charge in [-0.25, -0.2) is 17.6 Å². The maximum absolute atomic E-state index is 15.0. The van der Waals surface area contributed by atoms with Crippen LogP contribution in [-0.4, -0.2) is 0 Å². The number of rotatable bonds is 7. The molecule has 0 spiro atoms. The van der Waals surface area contributed by atoms with E-state index in [9.17, 15) is 13.2 Å². The fourth-order valence-electron chi connectivity index (χ4n) is 4.00. The lowest BCUT2D eigenvalue weighted by Crippen LogP contribution is -1.98. The first-order valence-electron chi connectivity index (χ1n) is 10.9. The summed E-state index contributed by atoms with van der Waals surface area (Å²) < 4.78 is 55.7. The first-order valence-corrected chi connectivity index (χ1v) is 10.9. The molecule has 0 saturated carbocycles. The smallest absolute Gasteiger partial charge is 0.159 e. The van der Waals surface area contributed by atoms with Gasteiger partial charge in [-0.15, -0.1) is 0 Å². The van der Waals surface area contributed by atoms with E-state index in [1.807, 2.05) is 37.3 Å². The fraction of sp³-hybridized carbons (Fsp3) is 0.214. The predicted octanol–water partition coefficient (Wildman–Crippen LogP) is 7.53. The van der Waals surface area contributed by atoms with Gasteiger partial charge in [-0.1, -0.05) is 55.5 Å². The molecule has 4 heteroatoms. The first kappa shape index (κ1) is 22.1. The summed E-state index contributed by atoms with van der Waals surface area (Å²) in [5.41, 5.74) is 3.84. The highest BCUT2D eigenvalue weighted by atomic mass is 19.2. The third-order valence-electron chi connectivity index (χ3n) is 5.97. The van der Waals surface area contributed by atoms with Gasteiger partial charge in [-0.05, 0) is 83.5 Å². The van der Waals surface area contributed by atoms with Gasteiger partial charge in [0.05, 0.1) is 0 Å². The zero-order valence-electron chi connectivity index (χ0n) is 17.9. The number of hydrogen-bond donors (Lipinski definition) is 0. The van der Waals surface area contributed by atoms with E-state index in [0.29, 0.717) is 47.8 Å². The third-order valence-corrected chi connectivity index (χ3v) is 5.97. The molecule has 0 aromatic heterocycles. The molecule has 0 atom stereocenters. The Morgan fingerprint density at radius 2 is 1.16 bits per heavy atom. The minimum Gasteiger partial charge on any atom is -0.207 e. The summed E-state index contributed by atoms with van der Waals surface area (Å²) in [6.45, 7) is 2.00. The minimum absolute atomic E-state index is 0.179. The molecule has 0 fully saturated rings. The summed E-state index contributed by atoms with van der Waals surface area (Å²) in [5.74, 6) is -2.25. The third kappa shape index (κ3) is 4.85. The van der Waals surface area contributed by atoms with Gasteiger partial charge in [0.15, 0.2) is 11.6 Å². The highest BCUT2D eigenvalue weighted by Gasteiger charge is 2.10. The van der Waals surface area contributed by atoms with E-state index < -0.39 is 11.6 Å². The van der Waals surface area contributed by atoms with Crippen LogP contribution in [0.15, 0.2) is 66.7 Å². The summed E-state index contributed by atoms with van der Waals surface area (Å²) in [6.07, 6.45) is 2.85. The van der Waals surface area contributed by atoms with Crippen molar-refractivity contribution in [3.8, 4) is 0 Å². The number of fused-ring (bicyclic) bond motifs is 1. The van der Waals surface area contributed by atoms with E-state index in [1.165, 1.54) is 6.07 Å². The van der Waals surface area contributed by atoms with Crippen LogP contribution >= 0.6 is 0 Å². The van der Waals surface area contributed by atoms with Crippen molar-refractivity contribution in [2.24, 2.45) is 0 Å². The van der Waals surface area contributed by atoms with Crippen molar-refractivity contribution in [1.82, 2.24) is 0 Å². The number of benzene rings is 4. The van der Waals surface area contributed by atoms with Crippen LogP contribution in [0.25, 0.3) is 10.8 Å². The normalized spacial score (nSPS) is 11.3. The summed E-state index contributed by atoms with van der Waals surface area (Å²) in [5, 5.41) is 1.31. The van der Waals surface area contributed by atoms with E-state index in [1.54, 1.807) is 18.2 Å². The molecule has 0 aliphatic carbocycles. The average molecular weight is 436 g/mol. The molecule has 0 aliphatic heterocycles. The van der Waals surface area contributed by atoms with Crippen molar-refractivity contribution < 1.29 is 17.6 Å². The molecule has 0 heterocycles. The van der Waals surface area contributed by atoms with E-state index in [4.69, 9.17) is 0 Å². The topological polar surface area (TPSA) is 0 Å². The van der Waals surface area contributed by atoms with Gasteiger partial charge in [0.1, 0.15) is 11.6 Å². The summed E-state index contributed by atoms with van der Waals surface area (Å²) in [6, 6.07) is 18.3. The van der Waals surface area contributed by atoms with Crippen LogP contribution in [0.2, 0.25) is 0 Å². The van der Waals surface area contributed by atoms with Gasteiger partial charge in [0.25, 0.3) is 0 Å². The standard InChI is InChI=1S/C28H24F4/c1-2-18-3-8-21(26(30)16-18)9-4-19-6-13-24-23(15-19)12-11-22(28(24)32)10-5-20-7-14-25(29)27(31)17-20/h3,6-8,11-17H,2,4-5,9-10H2,1H3. The lowest BCUT2D eigenvalue weighted by Gasteiger charge is -2.10. The van der Waals surface area contributed by atoms with E-state index >= 15 is 4.39 Å². The van der Waals surface area contributed by atoms with Gasteiger partial charge >= 0.3 is 0 Å². The number of aryl methyl sites for hydroxylation is 5. The molecule has 0 amide bonds. The first-order chi connectivity index (χ1) is 15.4. The quantitative estimate of drug-likeness (QED) is 0.263. The Hall–Kier alpha value is -3.14. The van der Waals surface area contributed by atoms with Crippen LogP contribution in [0.5, 0.6) is 0 Å². The molecule has 4 aromatic rings. The Morgan fingerprint density at radius 1 is 0.531 bits per heavy atom. The number of hydrogen-bond acceptors (Lipinski definition) is 0. The highest BCUT2D eigenvalue weighted by molar-refractivity contribution is 5.84. The van der Waals surface area contributed by atoms with Gasteiger partial charge in [-0.3, -0.25) is 0 Å². The van der Waals surface area contributed by atoms with E-state index in [2.05, 4.69) is 0 Å². The SMILES string of the molecule is CCc1ccc(CCc2ccc3c(F)c(CCc4ccc(F)c(F)c4)ccc3c2)c(F)c1. The Morgan fingerprint density at radius 3 is 1.88 bits per heavy atom. The molecule has 0 saturated heterocycles. The Kier molecular flexibility index (Phi) is 6.59. The van der Waals surface area contributed by atoms with Crippen LogP contribution in [0, 0.1) is 23.3 Å². The monoisotopic (exact) mass is 436 g/mol. The predicted molar refractivity (Wildman–Crippen MR) is 121 cm³/mol. The van der Waals surface area contributed by atoms with Crippen LogP contribution < -0.4 is 0 Å². The molecule has 0 radical (unpaired) electrons. The van der Waals surface area contributed by atoms with Crippen molar-refractivity contribution in [2.45, 2.75) is 39.0 Å². The highest BCUT2D eigenvalue weighted by Crippen LogP contribution is 2.25. The largest absolute Gasteiger partial charge is 0.207 e. The molecular formula is C28H24F4. The molecule has 0 aliphatic rings. The van der Waals surface area contributed by atoms with Crippen molar-refractivity contribution in [3.63, 3.8) is 0 Å². The molecule has 0 nitrogen and oxygen atoms in total. The second kappa shape index (κ2) is 9.56. The second-order valence-corrected chi connectivity index (χ2v) is 8.12. The van der Waals surface area contributed by atoms with Crippen molar-refractivity contribution >= 4 is 10.8 Å². The molecule has 164 valence electrons. The minimum atomic E-state index is -0.893. The van der Waals surface area contributed by atoms with Crippen molar-refractivity contribution in [2.75, 3.05) is 0 Å². The van der Waals surface area contributed by atoms with Crippen LogP contribution in [0.3, 0.4) is 0 Å². The summed E-state index contributed by atoms with van der Waals surface area (Å²) >= 11 is 0. The zero-order valence-corrected chi connectivity index (χ0v) is 17.9. The van der Waals surface area contributed by atoms with Crippen molar-refractivity contribution in [1.29, 1.82) is 0 Å². The van der Waals surface area contributed by atoms with Gasteiger partial charge in [0, 0.05) is 5.39 Å². The molecule has 0 bridgehead atoms. The van der Waals surface area contributed by atoms with Crippen LogP contribution in [0.1, 0.15) is 34.7 Å². The molecule has 0 N–H and O–H groups in total.